The van der Waals surface area contributed by atoms with Crippen LogP contribution in [0.5, 0.6) is 0 Å². The molecule has 0 aromatic heterocycles. The molecular formula is C33H67NO10. The average Bonchev–Trinajstić information content (AvgIpc) is 2.94. The lowest BCUT2D eigenvalue weighted by molar-refractivity contribution is -0.424. The van der Waals surface area contributed by atoms with E-state index in [0.29, 0.717) is 44.8 Å². The molecule has 0 saturated heterocycles. The lowest BCUT2D eigenvalue weighted by Gasteiger charge is -2.39. The van der Waals surface area contributed by atoms with Crippen LogP contribution in [0, 0.1) is 5.92 Å². The van der Waals surface area contributed by atoms with Gasteiger partial charge in [0.2, 0.25) is 0 Å². The Bertz CT molecular complexity index is 717. The van der Waals surface area contributed by atoms with E-state index >= 15 is 0 Å². The third-order valence-electron chi connectivity index (χ3n) is 6.04. The number of amides is 1. The van der Waals surface area contributed by atoms with Crippen LogP contribution < -0.4 is 0 Å². The number of ether oxygens (including phenoxy) is 7. The van der Waals surface area contributed by atoms with Crippen LogP contribution in [0.15, 0.2) is 0 Å². The molecule has 0 N–H and O–H groups in total. The lowest BCUT2D eigenvalue weighted by atomic mass is 10.1. The zero-order valence-corrected chi connectivity index (χ0v) is 30.2. The molecule has 1 amide bonds. The predicted octanol–water partition coefficient (Wildman–Crippen LogP) is 8.15. The average molecular weight is 638 g/mol. The molecule has 0 aromatic rings. The number of unbranched alkanes of at least 4 members (excludes halogenated alkanes) is 3. The molecule has 0 aliphatic carbocycles. The second-order valence-electron chi connectivity index (χ2n) is 12.6. The molecule has 0 heterocycles. The summed E-state index contributed by atoms with van der Waals surface area (Å²) in [5, 5.41) is 0.786. The van der Waals surface area contributed by atoms with Gasteiger partial charge in [0.15, 0.2) is 6.10 Å². The van der Waals surface area contributed by atoms with E-state index in [4.69, 9.17) is 42.8 Å². The van der Waals surface area contributed by atoms with Gasteiger partial charge in [-0.25, -0.2) is 14.5 Å². The molecular weight excluding hydrogens is 570 g/mol. The molecule has 0 rings (SSSR count). The normalized spacial score (nSPS) is 15.8. The van der Waals surface area contributed by atoms with Crippen molar-refractivity contribution in [1.82, 2.24) is 5.23 Å². The number of carbonyl (C=O) groups excluding carboxylic acids is 1. The van der Waals surface area contributed by atoms with Crippen molar-refractivity contribution in [1.29, 1.82) is 0 Å². The van der Waals surface area contributed by atoms with Crippen molar-refractivity contribution in [2.75, 3.05) is 40.1 Å². The fraction of sp³-hybridized carbons (Fsp3) is 0.970. The molecule has 0 fully saturated rings. The number of carbonyl (C=O) groups is 1. The molecule has 0 saturated carbocycles. The van der Waals surface area contributed by atoms with Crippen molar-refractivity contribution in [2.24, 2.45) is 5.92 Å². The van der Waals surface area contributed by atoms with E-state index in [1.54, 1.807) is 6.92 Å². The van der Waals surface area contributed by atoms with Gasteiger partial charge < -0.3 is 33.2 Å². The maximum absolute atomic E-state index is 13.6. The van der Waals surface area contributed by atoms with Gasteiger partial charge in [0, 0.05) is 13.5 Å². The smallest absolute Gasteiger partial charge is 0.386 e. The summed E-state index contributed by atoms with van der Waals surface area (Å²) in [6.07, 6.45) is 4.79. The van der Waals surface area contributed by atoms with Gasteiger partial charge in [-0.2, -0.15) is 0 Å². The molecule has 0 aliphatic heterocycles. The van der Waals surface area contributed by atoms with E-state index in [1.165, 1.54) is 7.11 Å². The Kier molecular flexibility index (Phi) is 22.7. The first-order valence-corrected chi connectivity index (χ1v) is 16.8. The first kappa shape index (κ1) is 43.0. The van der Waals surface area contributed by atoms with Gasteiger partial charge >= 0.3 is 12.1 Å². The van der Waals surface area contributed by atoms with Crippen molar-refractivity contribution >= 4 is 6.09 Å². The van der Waals surface area contributed by atoms with Crippen LogP contribution >= 0.6 is 0 Å². The third kappa shape index (κ3) is 18.2. The van der Waals surface area contributed by atoms with E-state index in [2.05, 4.69) is 27.7 Å². The molecule has 3 unspecified atom stereocenters. The van der Waals surface area contributed by atoms with E-state index in [9.17, 15) is 4.79 Å². The lowest BCUT2D eigenvalue weighted by Crippen LogP contribution is -2.55. The summed E-state index contributed by atoms with van der Waals surface area (Å²) in [6.45, 7) is 23.3. The number of hydrogen-bond donors (Lipinski definition) is 0. The Morgan fingerprint density at radius 3 is 1.98 bits per heavy atom. The first-order valence-electron chi connectivity index (χ1n) is 16.8. The second kappa shape index (κ2) is 23.3. The second-order valence-corrected chi connectivity index (χ2v) is 12.6. The molecule has 11 heteroatoms. The van der Waals surface area contributed by atoms with E-state index in [0.717, 1.165) is 37.3 Å². The van der Waals surface area contributed by atoms with E-state index < -0.39 is 29.7 Å². The van der Waals surface area contributed by atoms with Crippen molar-refractivity contribution in [3.8, 4) is 0 Å². The highest BCUT2D eigenvalue weighted by Gasteiger charge is 2.48. The number of methoxy groups -OCH3 is 1. The first-order chi connectivity index (χ1) is 20.7. The van der Waals surface area contributed by atoms with E-state index in [1.807, 2.05) is 41.5 Å². The molecule has 0 radical (unpaired) electrons. The summed E-state index contributed by atoms with van der Waals surface area (Å²) in [5.41, 5.74) is -0.726. The van der Waals surface area contributed by atoms with Crippen LogP contribution in [-0.2, 0) is 42.8 Å². The Balaban J connectivity index is 6.16. The predicted molar refractivity (Wildman–Crippen MR) is 170 cm³/mol. The zero-order chi connectivity index (χ0) is 33.7. The fourth-order valence-electron chi connectivity index (χ4n) is 4.10. The molecule has 0 spiro atoms. The van der Waals surface area contributed by atoms with Gasteiger partial charge in [0.25, 0.3) is 5.97 Å². The van der Waals surface area contributed by atoms with Gasteiger partial charge in [0.05, 0.1) is 44.7 Å². The summed E-state index contributed by atoms with van der Waals surface area (Å²) in [6, 6.07) is 0. The van der Waals surface area contributed by atoms with Gasteiger partial charge in [-0.05, 0) is 84.8 Å². The minimum atomic E-state index is -1.85. The Morgan fingerprint density at radius 2 is 1.45 bits per heavy atom. The summed E-state index contributed by atoms with van der Waals surface area (Å²) in [4.78, 5) is 25.1. The fourth-order valence-corrected chi connectivity index (χ4v) is 4.10. The highest BCUT2D eigenvalue weighted by Crippen LogP contribution is 2.32. The SMILES string of the molecule is CCCCCON(OC(C)(C)C)C(=O)OC(OCC)(OCCC)C(CCCC(OCCCC)(OCC(C)C)OC(C)C)OC. The van der Waals surface area contributed by atoms with Gasteiger partial charge in [-0.15, -0.1) is 0 Å². The number of hydroxylamine groups is 2. The molecule has 264 valence electrons. The number of rotatable bonds is 27. The van der Waals surface area contributed by atoms with Crippen molar-refractivity contribution < 1.29 is 47.6 Å². The zero-order valence-electron chi connectivity index (χ0n) is 30.2. The van der Waals surface area contributed by atoms with Crippen molar-refractivity contribution in [2.45, 2.75) is 164 Å². The number of nitrogens with zero attached hydrogens (tertiary/aromatic N) is 1. The minimum Gasteiger partial charge on any atom is -0.386 e. The maximum atomic E-state index is 13.6. The van der Waals surface area contributed by atoms with Gasteiger partial charge in [0.1, 0.15) is 0 Å². The van der Waals surface area contributed by atoms with Crippen LogP contribution in [0.1, 0.15) is 134 Å². The van der Waals surface area contributed by atoms with Crippen LogP contribution in [0.4, 0.5) is 4.79 Å². The summed E-state index contributed by atoms with van der Waals surface area (Å²) in [7, 11) is 1.54. The number of hydrogen-bond acceptors (Lipinski definition) is 10. The summed E-state index contributed by atoms with van der Waals surface area (Å²) in [5.74, 6) is -2.78. The monoisotopic (exact) mass is 637 g/mol. The Hall–Kier alpha value is -1.05. The summed E-state index contributed by atoms with van der Waals surface area (Å²) < 4.78 is 42.9. The van der Waals surface area contributed by atoms with Crippen LogP contribution in [0.3, 0.4) is 0 Å². The van der Waals surface area contributed by atoms with Crippen LogP contribution in [0.25, 0.3) is 0 Å². The summed E-state index contributed by atoms with van der Waals surface area (Å²) >= 11 is 0. The quantitative estimate of drug-likeness (QED) is 0.0498. The molecule has 11 nitrogen and oxygen atoms in total. The van der Waals surface area contributed by atoms with Crippen molar-refractivity contribution in [3.05, 3.63) is 0 Å². The topological polar surface area (TPSA) is 103 Å². The van der Waals surface area contributed by atoms with Gasteiger partial charge in [-0.1, -0.05) is 53.9 Å². The molecule has 3 atom stereocenters. The van der Waals surface area contributed by atoms with E-state index in [-0.39, 0.29) is 25.9 Å². The molecule has 44 heavy (non-hydrogen) atoms. The standard InChI is InChI=1S/C33H67NO10/c1-13-17-19-25-41-34(44-31(9,10)11)30(35)43-33(37-16-4,39-23-15-3)29(36-12)21-20-22-32(42-28(7)8,38-24-18-14-2)40-26-27(5)6/h27-29H,13-26H2,1-12H3. The minimum absolute atomic E-state index is 0.121. The Labute approximate surface area is 268 Å². The molecule has 0 bridgehead atoms. The Morgan fingerprint density at radius 1 is 0.773 bits per heavy atom. The maximum Gasteiger partial charge on any atom is 0.464 e. The highest BCUT2D eigenvalue weighted by atomic mass is 17.0. The van der Waals surface area contributed by atoms with Crippen molar-refractivity contribution in [3.63, 3.8) is 0 Å². The molecule has 0 aromatic carbocycles. The van der Waals surface area contributed by atoms with Gasteiger partial charge in [-0.3, -0.25) is 0 Å². The largest absolute Gasteiger partial charge is 0.464 e. The molecule has 0 aliphatic rings. The van der Waals surface area contributed by atoms with Crippen LogP contribution in [-0.4, -0.2) is 81.2 Å². The highest BCUT2D eigenvalue weighted by molar-refractivity contribution is 5.65. The van der Waals surface area contributed by atoms with Crippen LogP contribution in [0.2, 0.25) is 0 Å². The third-order valence-corrected chi connectivity index (χ3v) is 6.04.